The zero-order chi connectivity index (χ0) is 19.3. The fourth-order valence-electron chi connectivity index (χ4n) is 2.09. The van der Waals surface area contributed by atoms with E-state index in [4.69, 9.17) is 4.74 Å². The minimum absolute atomic E-state index is 0.00636. The van der Waals surface area contributed by atoms with Crippen LogP contribution in [0.3, 0.4) is 0 Å². The van der Waals surface area contributed by atoms with Gasteiger partial charge in [-0.25, -0.2) is 13.2 Å². The first-order valence-electron chi connectivity index (χ1n) is 7.69. The highest BCUT2D eigenvalue weighted by Gasteiger charge is 2.23. The second-order valence-electron chi connectivity index (χ2n) is 5.34. The van der Waals surface area contributed by atoms with E-state index in [0.717, 1.165) is 15.6 Å². The summed E-state index contributed by atoms with van der Waals surface area (Å²) in [5, 5.41) is 3.05. The second kappa shape index (κ2) is 8.39. The summed E-state index contributed by atoms with van der Waals surface area (Å²) in [7, 11) is -2.50. The van der Waals surface area contributed by atoms with Crippen molar-refractivity contribution in [2.24, 2.45) is 0 Å². The number of esters is 1. The number of rotatable bonds is 7. The molecule has 0 aromatic carbocycles. The summed E-state index contributed by atoms with van der Waals surface area (Å²) >= 11 is 1.08. The summed E-state index contributed by atoms with van der Waals surface area (Å²) in [6.07, 6.45) is 2.68. The first-order valence-corrected chi connectivity index (χ1v) is 9.95. The van der Waals surface area contributed by atoms with E-state index in [2.05, 4.69) is 10.3 Å². The van der Waals surface area contributed by atoms with Gasteiger partial charge in [-0.2, -0.15) is 4.31 Å². The Balaban J connectivity index is 2.05. The van der Waals surface area contributed by atoms with Crippen molar-refractivity contribution in [2.75, 3.05) is 25.5 Å². The Morgan fingerprint density at radius 2 is 2.12 bits per heavy atom. The largest absolute Gasteiger partial charge is 0.462 e. The van der Waals surface area contributed by atoms with E-state index in [1.165, 1.54) is 31.6 Å². The van der Waals surface area contributed by atoms with E-state index in [9.17, 15) is 18.0 Å². The van der Waals surface area contributed by atoms with Crippen LogP contribution >= 0.6 is 11.3 Å². The highest BCUT2D eigenvalue weighted by Crippen LogP contribution is 2.27. The minimum Gasteiger partial charge on any atom is -0.462 e. The molecule has 0 atom stereocenters. The highest BCUT2D eigenvalue weighted by molar-refractivity contribution is 7.89. The van der Waals surface area contributed by atoms with E-state index in [0.29, 0.717) is 15.4 Å². The number of sulfonamides is 1. The van der Waals surface area contributed by atoms with Crippen LogP contribution in [0.25, 0.3) is 0 Å². The zero-order valence-corrected chi connectivity index (χ0v) is 16.2. The number of carbonyl (C=O) groups is 2. The van der Waals surface area contributed by atoms with Gasteiger partial charge in [-0.1, -0.05) is 0 Å². The van der Waals surface area contributed by atoms with Crippen molar-refractivity contribution in [3.63, 3.8) is 0 Å². The van der Waals surface area contributed by atoms with Crippen LogP contribution in [0.5, 0.6) is 0 Å². The third kappa shape index (κ3) is 4.65. The van der Waals surface area contributed by atoms with E-state index >= 15 is 0 Å². The Morgan fingerprint density at radius 3 is 2.73 bits per heavy atom. The number of aryl methyl sites for hydroxylation is 1. The average molecular weight is 397 g/mol. The predicted octanol–water partition coefficient (Wildman–Crippen LogP) is 1.89. The highest BCUT2D eigenvalue weighted by atomic mass is 32.2. The third-order valence-corrected chi connectivity index (χ3v) is 6.27. The van der Waals surface area contributed by atoms with Gasteiger partial charge in [-0.3, -0.25) is 9.78 Å². The lowest BCUT2D eigenvalue weighted by molar-refractivity contribution is -0.116. The lowest BCUT2D eigenvalue weighted by Gasteiger charge is -2.16. The van der Waals surface area contributed by atoms with Crippen LogP contribution in [-0.4, -0.2) is 49.8 Å². The van der Waals surface area contributed by atoms with E-state index in [1.807, 2.05) is 0 Å². The van der Waals surface area contributed by atoms with Gasteiger partial charge in [-0.05, 0) is 37.6 Å². The van der Waals surface area contributed by atoms with E-state index in [-0.39, 0.29) is 18.0 Å². The van der Waals surface area contributed by atoms with Crippen LogP contribution in [0, 0.1) is 6.92 Å². The third-order valence-electron chi connectivity index (χ3n) is 3.35. The number of amides is 1. The molecule has 8 nitrogen and oxygen atoms in total. The average Bonchev–Trinajstić information content (AvgIpc) is 2.96. The molecule has 0 bridgehead atoms. The molecule has 1 N–H and O–H groups in total. The molecule has 0 fully saturated rings. The van der Waals surface area contributed by atoms with Gasteiger partial charge >= 0.3 is 5.97 Å². The molecule has 0 radical (unpaired) electrons. The first-order chi connectivity index (χ1) is 12.3. The number of ether oxygens (including phenoxy) is 1. The van der Waals surface area contributed by atoms with Gasteiger partial charge in [0.25, 0.3) is 0 Å². The number of hydrogen-bond acceptors (Lipinski definition) is 7. The standard InChI is InChI=1S/C16H19N3O5S2/c1-4-24-16(21)15-11(2)8-14(25-15)18-13(20)10-19(3)26(22,23)12-6-5-7-17-9-12/h5-9H,4,10H2,1-3H3,(H,18,20). The Hall–Kier alpha value is -2.30. The molecule has 10 heteroatoms. The van der Waals surface area contributed by atoms with Gasteiger partial charge in [0.15, 0.2) is 0 Å². The van der Waals surface area contributed by atoms with Crippen molar-refractivity contribution < 1.29 is 22.7 Å². The number of carbonyl (C=O) groups excluding carboxylic acids is 2. The molecule has 0 unspecified atom stereocenters. The Morgan fingerprint density at radius 1 is 1.38 bits per heavy atom. The molecule has 0 aliphatic rings. The summed E-state index contributed by atoms with van der Waals surface area (Å²) in [6.45, 7) is 3.33. The van der Waals surface area contributed by atoms with Crippen molar-refractivity contribution in [1.29, 1.82) is 0 Å². The zero-order valence-electron chi connectivity index (χ0n) is 14.6. The Labute approximate surface area is 155 Å². The van der Waals surface area contributed by atoms with Gasteiger partial charge in [0.2, 0.25) is 15.9 Å². The van der Waals surface area contributed by atoms with Crippen molar-refractivity contribution in [1.82, 2.24) is 9.29 Å². The maximum atomic E-state index is 12.4. The molecule has 1 amide bonds. The quantitative estimate of drug-likeness (QED) is 0.715. The summed E-state index contributed by atoms with van der Waals surface area (Å²) in [6, 6.07) is 4.56. The lowest BCUT2D eigenvalue weighted by Crippen LogP contribution is -2.34. The molecule has 0 aliphatic heterocycles. The van der Waals surface area contributed by atoms with Gasteiger partial charge in [0.05, 0.1) is 18.2 Å². The molecule has 0 saturated carbocycles. The van der Waals surface area contributed by atoms with Gasteiger partial charge in [0, 0.05) is 19.4 Å². The second-order valence-corrected chi connectivity index (χ2v) is 8.44. The van der Waals surface area contributed by atoms with E-state index in [1.54, 1.807) is 19.9 Å². The van der Waals surface area contributed by atoms with Crippen molar-refractivity contribution >= 4 is 38.2 Å². The number of aromatic nitrogens is 1. The van der Waals surface area contributed by atoms with Crippen LogP contribution in [0.2, 0.25) is 0 Å². The molecule has 26 heavy (non-hydrogen) atoms. The predicted molar refractivity (Wildman–Crippen MR) is 97.7 cm³/mol. The summed E-state index contributed by atoms with van der Waals surface area (Å²) in [5.41, 5.74) is 0.681. The van der Waals surface area contributed by atoms with Crippen LogP contribution < -0.4 is 5.32 Å². The molecule has 2 aromatic rings. The number of pyridine rings is 1. The summed E-state index contributed by atoms with van der Waals surface area (Å²) in [4.78, 5) is 28.2. The smallest absolute Gasteiger partial charge is 0.348 e. The SMILES string of the molecule is CCOC(=O)c1sc(NC(=O)CN(C)S(=O)(=O)c2cccnc2)cc1C. The van der Waals surface area contributed by atoms with Crippen LogP contribution in [-0.2, 0) is 19.6 Å². The van der Waals surface area contributed by atoms with Crippen LogP contribution in [0.4, 0.5) is 5.00 Å². The van der Waals surface area contributed by atoms with Crippen LogP contribution in [0.15, 0.2) is 35.5 Å². The fourth-order valence-corrected chi connectivity index (χ4v) is 4.16. The van der Waals surface area contributed by atoms with Gasteiger partial charge in [0.1, 0.15) is 9.77 Å². The number of anilines is 1. The molecule has 0 saturated heterocycles. The number of nitrogens with zero attached hydrogens (tertiary/aromatic N) is 2. The first kappa shape index (κ1) is 20.0. The lowest BCUT2D eigenvalue weighted by atomic mass is 10.3. The summed E-state index contributed by atoms with van der Waals surface area (Å²) in [5.74, 6) is -0.969. The molecule has 2 rings (SSSR count). The van der Waals surface area contributed by atoms with Gasteiger partial charge < -0.3 is 10.1 Å². The summed E-state index contributed by atoms with van der Waals surface area (Å²) < 4.78 is 30.7. The topological polar surface area (TPSA) is 106 Å². The van der Waals surface area contributed by atoms with Crippen molar-refractivity contribution in [3.8, 4) is 0 Å². The molecular formula is C16H19N3O5S2. The maximum Gasteiger partial charge on any atom is 0.348 e. The molecule has 0 spiro atoms. The molecule has 2 aromatic heterocycles. The van der Waals surface area contributed by atoms with Crippen molar-refractivity contribution in [2.45, 2.75) is 18.7 Å². The Bertz CT molecular complexity index is 894. The molecule has 0 aliphatic carbocycles. The molecular weight excluding hydrogens is 378 g/mol. The minimum atomic E-state index is -3.81. The van der Waals surface area contributed by atoms with Gasteiger partial charge in [-0.15, -0.1) is 11.3 Å². The maximum absolute atomic E-state index is 12.4. The van der Waals surface area contributed by atoms with Crippen LogP contribution in [0.1, 0.15) is 22.2 Å². The monoisotopic (exact) mass is 397 g/mol. The molecule has 2 heterocycles. The molecule has 140 valence electrons. The van der Waals surface area contributed by atoms with Crippen molar-refractivity contribution in [3.05, 3.63) is 41.0 Å². The number of thiophene rings is 1. The number of nitrogens with one attached hydrogen (secondary N) is 1. The fraction of sp³-hybridized carbons (Fsp3) is 0.312. The van der Waals surface area contributed by atoms with E-state index < -0.39 is 21.9 Å². The number of hydrogen-bond donors (Lipinski definition) is 1. The number of likely N-dealkylation sites (N-methyl/N-ethyl adjacent to an activating group) is 1. The normalized spacial score (nSPS) is 11.4. The Kier molecular flexibility index (Phi) is 6.46.